The zero-order chi connectivity index (χ0) is 27.2. The largest absolute Gasteiger partial charge is 0.481 e. The van der Waals surface area contributed by atoms with E-state index in [2.05, 4.69) is 15.6 Å². The first kappa shape index (κ1) is 27.3. The number of aromatic nitrogens is 2. The third kappa shape index (κ3) is 7.61. The number of hydrogen-bond donors (Lipinski definition) is 4. The van der Waals surface area contributed by atoms with Crippen LogP contribution in [0.25, 0.3) is 16.9 Å². The van der Waals surface area contributed by atoms with E-state index in [1.54, 1.807) is 74.0 Å². The lowest BCUT2D eigenvalue weighted by Crippen LogP contribution is -2.34. The van der Waals surface area contributed by atoms with E-state index >= 15 is 0 Å². The van der Waals surface area contributed by atoms with Gasteiger partial charge in [-0.25, -0.2) is 9.78 Å². The van der Waals surface area contributed by atoms with Crippen molar-refractivity contribution in [3.05, 3.63) is 59.9 Å². The van der Waals surface area contributed by atoms with Crippen LogP contribution < -0.4 is 16.4 Å². The van der Waals surface area contributed by atoms with Crippen LogP contribution >= 0.6 is 0 Å². The number of benzene rings is 1. The molecule has 3 aromatic rings. The van der Waals surface area contributed by atoms with E-state index in [9.17, 15) is 19.2 Å². The number of imidazole rings is 1. The molecule has 0 bridgehead atoms. The van der Waals surface area contributed by atoms with Crippen molar-refractivity contribution in [2.75, 3.05) is 13.1 Å². The topological polar surface area (TPSA) is 165 Å². The van der Waals surface area contributed by atoms with Crippen LogP contribution in [-0.4, -0.2) is 56.9 Å². The number of rotatable bonds is 10. The molecular formula is C26H31N5O6. The van der Waals surface area contributed by atoms with E-state index < -0.39 is 23.7 Å². The van der Waals surface area contributed by atoms with Crippen molar-refractivity contribution < 1.29 is 29.0 Å². The van der Waals surface area contributed by atoms with Crippen LogP contribution in [0.2, 0.25) is 0 Å². The van der Waals surface area contributed by atoms with Crippen LogP contribution in [-0.2, 0) is 14.3 Å². The number of aliphatic carboxylic acids is 1. The van der Waals surface area contributed by atoms with Gasteiger partial charge in [0.05, 0.1) is 18.2 Å². The zero-order valence-corrected chi connectivity index (χ0v) is 21.0. The van der Waals surface area contributed by atoms with Crippen molar-refractivity contribution >= 4 is 29.4 Å². The van der Waals surface area contributed by atoms with Gasteiger partial charge < -0.3 is 30.6 Å². The molecule has 0 aliphatic heterocycles. The number of ether oxygens (including phenoxy) is 1. The fraction of sp³-hybridized carbons (Fsp3) is 0.346. The van der Waals surface area contributed by atoms with Gasteiger partial charge in [-0.2, -0.15) is 0 Å². The minimum absolute atomic E-state index is 0.0219. The molecule has 11 heteroatoms. The Morgan fingerprint density at radius 2 is 1.81 bits per heavy atom. The van der Waals surface area contributed by atoms with Crippen LogP contribution in [0.3, 0.4) is 0 Å². The number of carboxylic acid groups (broad SMARTS) is 1. The molecule has 0 radical (unpaired) electrons. The number of nitrogens with one attached hydrogen (secondary N) is 2. The molecule has 0 aliphatic carbocycles. The Hall–Kier alpha value is -4.25. The zero-order valence-electron chi connectivity index (χ0n) is 21.0. The summed E-state index contributed by atoms with van der Waals surface area (Å²) < 4.78 is 6.91. The molecule has 1 atom stereocenters. The normalized spacial score (nSPS) is 12.1. The molecule has 196 valence electrons. The predicted molar refractivity (Wildman–Crippen MR) is 136 cm³/mol. The Balaban J connectivity index is 1.73. The lowest BCUT2D eigenvalue weighted by Gasteiger charge is -2.19. The summed E-state index contributed by atoms with van der Waals surface area (Å²) in [5, 5.41) is 13.9. The van der Waals surface area contributed by atoms with Crippen LogP contribution in [0, 0.1) is 0 Å². The summed E-state index contributed by atoms with van der Waals surface area (Å²) in [5.74, 6) is -1.65. The number of carbonyl (C=O) groups is 4. The molecule has 0 aliphatic rings. The lowest BCUT2D eigenvalue weighted by atomic mass is 10.0. The summed E-state index contributed by atoms with van der Waals surface area (Å²) in [6.45, 7) is 5.36. The Bertz CT molecular complexity index is 1310. The Labute approximate surface area is 214 Å². The maximum atomic E-state index is 12.7. The predicted octanol–water partition coefficient (Wildman–Crippen LogP) is 2.69. The molecule has 1 aromatic carbocycles. The SMILES string of the molecule is CC(C)(C)OC(=O)NCCC(=O)C(N)c1cccn2cc(-c3cccc(C(=O)NCCC(=O)O)c3)nc12. The summed E-state index contributed by atoms with van der Waals surface area (Å²) >= 11 is 0. The van der Waals surface area contributed by atoms with Crippen LogP contribution in [0.15, 0.2) is 48.8 Å². The molecule has 2 amide bonds. The van der Waals surface area contributed by atoms with Crippen molar-refractivity contribution in [2.24, 2.45) is 5.73 Å². The number of nitrogens with zero attached hydrogens (tertiary/aromatic N) is 2. The number of nitrogens with two attached hydrogens (primary N) is 1. The molecule has 2 aromatic heterocycles. The number of hydrogen-bond acceptors (Lipinski definition) is 7. The van der Waals surface area contributed by atoms with Crippen LogP contribution in [0.5, 0.6) is 0 Å². The van der Waals surface area contributed by atoms with Crippen molar-refractivity contribution in [1.29, 1.82) is 0 Å². The third-order valence-electron chi connectivity index (χ3n) is 5.28. The number of fused-ring (bicyclic) bond motifs is 1. The van der Waals surface area contributed by atoms with Crippen molar-refractivity contribution in [2.45, 2.75) is 45.3 Å². The second kappa shape index (κ2) is 11.7. The Morgan fingerprint density at radius 3 is 2.51 bits per heavy atom. The van der Waals surface area contributed by atoms with Gasteiger partial charge in [0.1, 0.15) is 11.2 Å². The van der Waals surface area contributed by atoms with Gasteiger partial charge in [0.15, 0.2) is 5.78 Å². The summed E-state index contributed by atoms with van der Waals surface area (Å²) in [4.78, 5) is 52.2. The van der Waals surface area contributed by atoms with Gasteiger partial charge in [-0.1, -0.05) is 18.2 Å². The average molecular weight is 510 g/mol. The minimum Gasteiger partial charge on any atom is -0.481 e. The minimum atomic E-state index is -0.995. The first-order valence-electron chi connectivity index (χ1n) is 11.8. The van der Waals surface area contributed by atoms with E-state index in [1.165, 1.54) is 0 Å². The highest BCUT2D eigenvalue weighted by atomic mass is 16.6. The molecule has 0 spiro atoms. The third-order valence-corrected chi connectivity index (χ3v) is 5.28. The van der Waals surface area contributed by atoms with Crippen LogP contribution in [0.1, 0.15) is 55.6 Å². The number of carboxylic acids is 1. The molecular weight excluding hydrogens is 478 g/mol. The fourth-order valence-electron chi connectivity index (χ4n) is 3.55. The number of alkyl carbamates (subject to hydrolysis) is 1. The van der Waals surface area contributed by atoms with Gasteiger partial charge in [-0.05, 0) is 39.0 Å². The van der Waals surface area contributed by atoms with Gasteiger partial charge in [-0.15, -0.1) is 0 Å². The van der Waals surface area contributed by atoms with E-state index in [4.69, 9.17) is 15.6 Å². The summed E-state index contributed by atoms with van der Waals surface area (Å²) in [6, 6.07) is 9.31. The summed E-state index contributed by atoms with van der Waals surface area (Å²) in [6.07, 6.45) is 2.79. The summed E-state index contributed by atoms with van der Waals surface area (Å²) in [7, 11) is 0. The monoisotopic (exact) mass is 509 g/mol. The first-order chi connectivity index (χ1) is 17.4. The lowest BCUT2D eigenvalue weighted by molar-refractivity contribution is -0.136. The summed E-state index contributed by atoms with van der Waals surface area (Å²) in [5.41, 5.74) is 8.25. The Morgan fingerprint density at radius 1 is 1.08 bits per heavy atom. The molecule has 1 unspecified atom stereocenters. The van der Waals surface area contributed by atoms with Gasteiger partial charge in [0.25, 0.3) is 5.91 Å². The maximum absolute atomic E-state index is 12.7. The molecule has 3 rings (SSSR count). The number of amides is 2. The quantitative estimate of drug-likeness (QED) is 0.324. The van der Waals surface area contributed by atoms with E-state index in [1.807, 2.05) is 0 Å². The standard InChI is InChI=1S/C26H31N5O6/c1-26(2,3)37-25(36)29-11-9-20(32)22(27)18-8-5-13-31-15-19(30-23(18)31)16-6-4-7-17(14-16)24(35)28-12-10-21(33)34/h4-8,13-15,22H,9-12,27H2,1-3H3,(H,28,35)(H,29,36)(H,33,34). The van der Waals surface area contributed by atoms with Gasteiger partial charge in [-0.3, -0.25) is 14.4 Å². The number of pyridine rings is 1. The van der Waals surface area contributed by atoms with Crippen LogP contribution in [0.4, 0.5) is 4.79 Å². The maximum Gasteiger partial charge on any atom is 0.407 e. The fourth-order valence-corrected chi connectivity index (χ4v) is 3.55. The molecule has 0 saturated heterocycles. The second-order valence-corrected chi connectivity index (χ2v) is 9.42. The molecule has 0 fully saturated rings. The molecule has 2 heterocycles. The highest BCUT2D eigenvalue weighted by Gasteiger charge is 2.21. The van der Waals surface area contributed by atoms with Gasteiger partial charge in [0.2, 0.25) is 0 Å². The second-order valence-electron chi connectivity index (χ2n) is 9.42. The number of Topliss-reactive ketones (excluding diaryl/α,β-unsaturated/α-hetero) is 1. The van der Waals surface area contributed by atoms with E-state index in [-0.39, 0.29) is 37.6 Å². The average Bonchev–Trinajstić information content (AvgIpc) is 3.27. The first-order valence-corrected chi connectivity index (χ1v) is 11.8. The Kier molecular flexibility index (Phi) is 8.61. The molecule has 37 heavy (non-hydrogen) atoms. The number of ketones is 1. The highest BCUT2D eigenvalue weighted by molar-refractivity contribution is 5.95. The van der Waals surface area contributed by atoms with Gasteiger partial charge in [0, 0.05) is 48.6 Å². The molecule has 11 nitrogen and oxygen atoms in total. The number of carbonyl (C=O) groups excluding carboxylic acids is 3. The van der Waals surface area contributed by atoms with E-state index in [0.717, 1.165) is 0 Å². The molecule has 0 saturated carbocycles. The van der Waals surface area contributed by atoms with Gasteiger partial charge >= 0.3 is 12.1 Å². The molecule has 5 N–H and O–H groups in total. The smallest absolute Gasteiger partial charge is 0.407 e. The van der Waals surface area contributed by atoms with E-state index in [0.29, 0.717) is 28.0 Å². The van der Waals surface area contributed by atoms with Crippen molar-refractivity contribution in [3.8, 4) is 11.3 Å². The highest BCUT2D eigenvalue weighted by Crippen LogP contribution is 2.25. The van der Waals surface area contributed by atoms with Crippen molar-refractivity contribution in [1.82, 2.24) is 20.0 Å². The van der Waals surface area contributed by atoms with Crippen molar-refractivity contribution in [3.63, 3.8) is 0 Å².